The molecule has 0 atom stereocenters. The molecule has 7 heteroatoms. The molecule has 0 saturated carbocycles. The Morgan fingerprint density at radius 1 is 1.22 bits per heavy atom. The number of nitrogens with zero attached hydrogens (tertiary/aromatic N) is 1. The van der Waals surface area contributed by atoms with Gasteiger partial charge in [0.2, 0.25) is 5.91 Å². The summed E-state index contributed by atoms with van der Waals surface area (Å²) >= 11 is 6.41. The summed E-state index contributed by atoms with van der Waals surface area (Å²) in [7, 11) is 1.62. The first-order chi connectivity index (χ1) is 13.2. The van der Waals surface area contributed by atoms with Crippen molar-refractivity contribution in [3.63, 3.8) is 0 Å². The zero-order valence-electron chi connectivity index (χ0n) is 15.3. The predicted octanol–water partition coefficient (Wildman–Crippen LogP) is 2.91. The SMILES string of the molecule is COc1cccc(CNC(=O)CNc2cccc(Cl)c2N2CCOCC2)c1. The quantitative estimate of drug-likeness (QED) is 0.762. The maximum atomic E-state index is 12.2. The number of benzene rings is 2. The molecule has 6 nitrogen and oxygen atoms in total. The third kappa shape index (κ3) is 5.28. The number of ether oxygens (including phenoxy) is 2. The third-order valence-corrected chi connectivity index (χ3v) is 4.68. The van der Waals surface area contributed by atoms with Gasteiger partial charge in [-0.25, -0.2) is 0 Å². The molecule has 0 aromatic heterocycles. The molecule has 0 radical (unpaired) electrons. The lowest BCUT2D eigenvalue weighted by Crippen LogP contribution is -2.37. The van der Waals surface area contributed by atoms with Crippen molar-refractivity contribution in [1.82, 2.24) is 5.32 Å². The van der Waals surface area contributed by atoms with Crippen LogP contribution in [-0.4, -0.2) is 45.9 Å². The summed E-state index contributed by atoms with van der Waals surface area (Å²) in [6.45, 7) is 3.52. The van der Waals surface area contributed by atoms with E-state index in [1.165, 1.54) is 0 Å². The number of halogens is 1. The zero-order chi connectivity index (χ0) is 19.1. The number of rotatable bonds is 7. The second-order valence-electron chi connectivity index (χ2n) is 6.22. The van der Waals surface area contributed by atoms with E-state index >= 15 is 0 Å². The molecular weight excluding hydrogens is 366 g/mol. The Bertz CT molecular complexity index is 779. The lowest BCUT2D eigenvalue weighted by atomic mass is 10.2. The highest BCUT2D eigenvalue weighted by atomic mass is 35.5. The number of morpholine rings is 1. The molecule has 0 spiro atoms. The Morgan fingerprint density at radius 2 is 2.00 bits per heavy atom. The number of para-hydroxylation sites is 1. The third-order valence-electron chi connectivity index (χ3n) is 4.38. The average molecular weight is 390 g/mol. The molecular formula is C20H24ClN3O3. The Kier molecular flexibility index (Phi) is 6.79. The Hall–Kier alpha value is -2.44. The van der Waals surface area contributed by atoms with Gasteiger partial charge in [-0.1, -0.05) is 29.8 Å². The van der Waals surface area contributed by atoms with Crippen LogP contribution in [0.1, 0.15) is 5.56 Å². The first-order valence-electron chi connectivity index (χ1n) is 8.92. The van der Waals surface area contributed by atoms with Gasteiger partial charge in [-0.05, 0) is 29.8 Å². The standard InChI is InChI=1S/C20H24ClN3O3/c1-26-16-5-2-4-15(12-16)13-23-19(25)14-22-18-7-3-6-17(21)20(18)24-8-10-27-11-9-24/h2-7,12,22H,8-11,13-14H2,1H3,(H,23,25). The van der Waals surface area contributed by atoms with Crippen LogP contribution in [0.15, 0.2) is 42.5 Å². The lowest BCUT2D eigenvalue weighted by Gasteiger charge is -2.31. The van der Waals surface area contributed by atoms with Crippen molar-refractivity contribution in [2.45, 2.75) is 6.54 Å². The molecule has 1 aliphatic heterocycles. The van der Waals surface area contributed by atoms with E-state index in [1.807, 2.05) is 42.5 Å². The maximum Gasteiger partial charge on any atom is 0.239 e. The zero-order valence-corrected chi connectivity index (χ0v) is 16.1. The summed E-state index contributed by atoms with van der Waals surface area (Å²) in [5, 5.41) is 6.78. The highest BCUT2D eigenvalue weighted by Gasteiger charge is 2.18. The van der Waals surface area contributed by atoms with Crippen LogP contribution in [0.2, 0.25) is 5.02 Å². The van der Waals surface area contributed by atoms with Gasteiger partial charge in [-0.3, -0.25) is 4.79 Å². The Morgan fingerprint density at radius 3 is 2.78 bits per heavy atom. The molecule has 1 amide bonds. The van der Waals surface area contributed by atoms with Crippen LogP contribution in [0, 0.1) is 0 Å². The van der Waals surface area contributed by atoms with Crippen molar-refractivity contribution in [1.29, 1.82) is 0 Å². The number of anilines is 2. The minimum Gasteiger partial charge on any atom is -0.497 e. The number of hydrogen-bond donors (Lipinski definition) is 2. The number of carbonyl (C=O) groups is 1. The largest absolute Gasteiger partial charge is 0.497 e. The van der Waals surface area contributed by atoms with Crippen LogP contribution in [0.5, 0.6) is 5.75 Å². The molecule has 2 aromatic carbocycles. The topological polar surface area (TPSA) is 62.8 Å². The van der Waals surface area contributed by atoms with Gasteiger partial charge < -0.3 is 25.0 Å². The Balaban J connectivity index is 1.57. The van der Waals surface area contributed by atoms with Crippen LogP contribution < -0.4 is 20.3 Å². The fourth-order valence-corrected chi connectivity index (χ4v) is 3.28. The average Bonchev–Trinajstić information content (AvgIpc) is 2.71. The number of amides is 1. The molecule has 0 unspecified atom stereocenters. The van der Waals surface area contributed by atoms with Gasteiger partial charge in [0.05, 0.1) is 43.3 Å². The summed E-state index contributed by atoms with van der Waals surface area (Å²) < 4.78 is 10.6. The van der Waals surface area contributed by atoms with E-state index in [-0.39, 0.29) is 12.5 Å². The number of methoxy groups -OCH3 is 1. The van der Waals surface area contributed by atoms with Gasteiger partial charge in [0.25, 0.3) is 0 Å². The van der Waals surface area contributed by atoms with Crippen LogP contribution in [-0.2, 0) is 16.1 Å². The Labute approximate surface area is 164 Å². The van der Waals surface area contributed by atoms with E-state index in [4.69, 9.17) is 21.1 Å². The summed E-state index contributed by atoms with van der Waals surface area (Å²) in [4.78, 5) is 14.4. The molecule has 3 rings (SSSR count). The number of carbonyl (C=O) groups excluding carboxylic acids is 1. The monoisotopic (exact) mass is 389 g/mol. The molecule has 0 aliphatic carbocycles. The molecule has 2 aromatic rings. The first kappa shape index (κ1) is 19.3. The van der Waals surface area contributed by atoms with Gasteiger partial charge in [0.1, 0.15) is 5.75 Å². The van der Waals surface area contributed by atoms with Gasteiger partial charge in [-0.15, -0.1) is 0 Å². The molecule has 1 aliphatic rings. The van der Waals surface area contributed by atoms with E-state index in [2.05, 4.69) is 15.5 Å². The van der Waals surface area contributed by atoms with Crippen molar-refractivity contribution in [2.24, 2.45) is 0 Å². The summed E-state index contributed by atoms with van der Waals surface area (Å²) in [5.74, 6) is 0.680. The molecule has 1 saturated heterocycles. The van der Waals surface area contributed by atoms with Crippen LogP contribution in [0.4, 0.5) is 11.4 Å². The van der Waals surface area contributed by atoms with E-state index < -0.39 is 0 Å². The van der Waals surface area contributed by atoms with Crippen LogP contribution in [0.3, 0.4) is 0 Å². The normalized spacial score (nSPS) is 13.9. The van der Waals surface area contributed by atoms with Crippen molar-refractivity contribution in [3.05, 3.63) is 53.1 Å². The highest BCUT2D eigenvalue weighted by molar-refractivity contribution is 6.34. The number of nitrogens with one attached hydrogen (secondary N) is 2. The molecule has 1 heterocycles. The van der Waals surface area contributed by atoms with Crippen molar-refractivity contribution in [3.8, 4) is 5.75 Å². The van der Waals surface area contributed by atoms with E-state index in [0.29, 0.717) is 24.8 Å². The summed E-state index contributed by atoms with van der Waals surface area (Å²) in [6.07, 6.45) is 0. The lowest BCUT2D eigenvalue weighted by molar-refractivity contribution is -0.119. The minimum atomic E-state index is -0.0919. The second-order valence-corrected chi connectivity index (χ2v) is 6.62. The molecule has 2 N–H and O–H groups in total. The predicted molar refractivity (Wildman–Crippen MR) is 108 cm³/mol. The molecule has 27 heavy (non-hydrogen) atoms. The summed E-state index contributed by atoms with van der Waals surface area (Å²) in [6, 6.07) is 13.3. The van der Waals surface area contributed by atoms with E-state index in [1.54, 1.807) is 7.11 Å². The molecule has 1 fully saturated rings. The minimum absolute atomic E-state index is 0.0919. The van der Waals surface area contributed by atoms with Crippen LogP contribution >= 0.6 is 11.6 Å². The summed E-state index contributed by atoms with van der Waals surface area (Å²) in [5.41, 5.74) is 2.75. The first-order valence-corrected chi connectivity index (χ1v) is 9.30. The van der Waals surface area contributed by atoms with Crippen molar-refractivity contribution < 1.29 is 14.3 Å². The van der Waals surface area contributed by atoms with E-state index in [9.17, 15) is 4.79 Å². The van der Waals surface area contributed by atoms with E-state index in [0.717, 1.165) is 35.8 Å². The van der Waals surface area contributed by atoms with Gasteiger partial charge >= 0.3 is 0 Å². The second kappa shape index (κ2) is 9.48. The van der Waals surface area contributed by atoms with Crippen molar-refractivity contribution >= 4 is 28.9 Å². The van der Waals surface area contributed by atoms with Crippen molar-refractivity contribution in [2.75, 3.05) is 50.2 Å². The van der Waals surface area contributed by atoms with Crippen LogP contribution in [0.25, 0.3) is 0 Å². The van der Waals surface area contributed by atoms with Gasteiger partial charge in [-0.2, -0.15) is 0 Å². The molecule has 144 valence electrons. The highest BCUT2D eigenvalue weighted by Crippen LogP contribution is 2.34. The number of hydrogen-bond acceptors (Lipinski definition) is 5. The fourth-order valence-electron chi connectivity index (χ4n) is 2.99. The smallest absolute Gasteiger partial charge is 0.239 e. The van der Waals surface area contributed by atoms with Gasteiger partial charge in [0, 0.05) is 19.6 Å². The maximum absolute atomic E-state index is 12.2. The fraction of sp³-hybridized carbons (Fsp3) is 0.350. The molecule has 0 bridgehead atoms. The van der Waals surface area contributed by atoms with Gasteiger partial charge in [0.15, 0.2) is 0 Å².